The van der Waals surface area contributed by atoms with Gasteiger partial charge in [0.2, 0.25) is 0 Å². The molecule has 17 heavy (non-hydrogen) atoms. The number of thioether (sulfide) groups is 2. The van der Waals surface area contributed by atoms with Crippen LogP contribution in [0.15, 0.2) is 29.2 Å². The minimum atomic E-state index is 0.763. The normalized spacial score (nSPS) is 25.5. The number of benzene rings is 1. The van der Waals surface area contributed by atoms with Gasteiger partial charge in [-0.05, 0) is 30.3 Å². The highest BCUT2D eigenvalue weighted by molar-refractivity contribution is 7.99. The molecule has 0 bridgehead atoms. The van der Waals surface area contributed by atoms with E-state index in [0.717, 1.165) is 5.92 Å². The van der Waals surface area contributed by atoms with Gasteiger partial charge in [-0.3, -0.25) is 0 Å². The molecule has 0 amide bonds. The molecule has 0 spiro atoms. The Balaban J connectivity index is 1.66. The maximum absolute atomic E-state index is 2.67. The van der Waals surface area contributed by atoms with Crippen LogP contribution < -0.4 is 0 Å². The summed E-state index contributed by atoms with van der Waals surface area (Å²) in [4.78, 5) is 4.19. The summed E-state index contributed by atoms with van der Waals surface area (Å²) in [6.07, 6.45) is 1.37. The van der Waals surface area contributed by atoms with Gasteiger partial charge in [0.1, 0.15) is 0 Å². The lowest BCUT2D eigenvalue weighted by Gasteiger charge is -2.23. The van der Waals surface area contributed by atoms with E-state index in [9.17, 15) is 0 Å². The zero-order valence-corrected chi connectivity index (χ0v) is 11.7. The first kappa shape index (κ1) is 11.9. The SMILES string of the molecule is c1ccc2c(c1)SCC2CN1CCCSCC1. The molecule has 0 N–H and O–H groups in total. The van der Waals surface area contributed by atoms with Gasteiger partial charge in [0.15, 0.2) is 0 Å². The highest BCUT2D eigenvalue weighted by Gasteiger charge is 2.24. The third-order valence-electron chi connectivity index (χ3n) is 3.59. The number of hydrogen-bond donors (Lipinski definition) is 0. The molecule has 1 fully saturated rings. The molecule has 92 valence electrons. The predicted molar refractivity (Wildman–Crippen MR) is 78.3 cm³/mol. The summed E-state index contributed by atoms with van der Waals surface area (Å²) in [7, 11) is 0. The molecule has 1 unspecified atom stereocenters. The second-order valence-electron chi connectivity index (χ2n) is 4.81. The number of fused-ring (bicyclic) bond motifs is 1. The largest absolute Gasteiger partial charge is 0.302 e. The van der Waals surface area contributed by atoms with Crippen LogP contribution >= 0.6 is 23.5 Å². The summed E-state index contributed by atoms with van der Waals surface area (Å²) >= 11 is 4.15. The van der Waals surface area contributed by atoms with Crippen molar-refractivity contribution in [1.29, 1.82) is 0 Å². The molecule has 1 saturated heterocycles. The zero-order chi connectivity index (χ0) is 11.5. The molecule has 1 aromatic rings. The molecule has 0 radical (unpaired) electrons. The van der Waals surface area contributed by atoms with Crippen LogP contribution in [-0.4, -0.2) is 41.8 Å². The van der Waals surface area contributed by atoms with Gasteiger partial charge in [-0.1, -0.05) is 18.2 Å². The Bertz CT molecular complexity index is 372. The van der Waals surface area contributed by atoms with Crippen molar-refractivity contribution < 1.29 is 0 Å². The van der Waals surface area contributed by atoms with Gasteiger partial charge in [0.25, 0.3) is 0 Å². The number of nitrogens with zero attached hydrogens (tertiary/aromatic N) is 1. The zero-order valence-electron chi connectivity index (χ0n) is 10.1. The van der Waals surface area contributed by atoms with E-state index in [0.29, 0.717) is 0 Å². The molecule has 3 heteroatoms. The molecule has 1 aromatic carbocycles. The third-order valence-corrected chi connectivity index (χ3v) is 5.89. The average Bonchev–Trinajstić information content (AvgIpc) is 2.59. The van der Waals surface area contributed by atoms with E-state index in [4.69, 9.17) is 0 Å². The van der Waals surface area contributed by atoms with E-state index >= 15 is 0 Å². The fraction of sp³-hybridized carbons (Fsp3) is 0.571. The first-order valence-corrected chi connectivity index (χ1v) is 8.59. The van der Waals surface area contributed by atoms with Crippen LogP contribution in [0.1, 0.15) is 17.9 Å². The van der Waals surface area contributed by atoms with E-state index in [-0.39, 0.29) is 0 Å². The Morgan fingerprint density at radius 3 is 3.12 bits per heavy atom. The van der Waals surface area contributed by atoms with Crippen molar-refractivity contribution in [3.8, 4) is 0 Å². The van der Waals surface area contributed by atoms with Gasteiger partial charge >= 0.3 is 0 Å². The van der Waals surface area contributed by atoms with Crippen LogP contribution in [0.2, 0.25) is 0 Å². The molecule has 0 saturated carbocycles. The van der Waals surface area contributed by atoms with Crippen molar-refractivity contribution in [3.63, 3.8) is 0 Å². The molecule has 3 rings (SSSR count). The summed E-state index contributed by atoms with van der Waals surface area (Å²) in [5, 5.41) is 0. The van der Waals surface area contributed by atoms with Crippen LogP contribution in [0.5, 0.6) is 0 Å². The monoisotopic (exact) mass is 265 g/mol. The van der Waals surface area contributed by atoms with E-state index in [1.54, 1.807) is 5.56 Å². The minimum Gasteiger partial charge on any atom is -0.302 e. The maximum atomic E-state index is 2.67. The van der Waals surface area contributed by atoms with Crippen LogP contribution in [-0.2, 0) is 0 Å². The first-order chi connectivity index (χ1) is 8.43. The van der Waals surface area contributed by atoms with Crippen molar-refractivity contribution >= 4 is 23.5 Å². The molecule has 2 aliphatic heterocycles. The Kier molecular flexibility index (Phi) is 3.99. The summed E-state index contributed by atoms with van der Waals surface area (Å²) < 4.78 is 0. The molecule has 0 aromatic heterocycles. The second-order valence-corrected chi connectivity index (χ2v) is 7.10. The highest BCUT2D eigenvalue weighted by atomic mass is 32.2. The van der Waals surface area contributed by atoms with Crippen LogP contribution in [0, 0.1) is 0 Å². The Morgan fingerprint density at radius 1 is 1.18 bits per heavy atom. The van der Waals surface area contributed by atoms with Crippen molar-refractivity contribution in [2.75, 3.05) is 36.9 Å². The Hall–Kier alpha value is -0.120. The van der Waals surface area contributed by atoms with E-state index in [1.165, 1.54) is 48.2 Å². The predicted octanol–water partition coefficient (Wildman–Crippen LogP) is 3.31. The topological polar surface area (TPSA) is 3.24 Å². The lowest BCUT2D eigenvalue weighted by molar-refractivity contribution is 0.282. The lowest BCUT2D eigenvalue weighted by atomic mass is 10.0. The summed E-state index contributed by atoms with van der Waals surface area (Å²) in [6, 6.07) is 8.96. The molecule has 1 nitrogen and oxygen atoms in total. The minimum absolute atomic E-state index is 0.763. The quantitative estimate of drug-likeness (QED) is 0.807. The van der Waals surface area contributed by atoms with Gasteiger partial charge in [-0.25, -0.2) is 0 Å². The van der Waals surface area contributed by atoms with Crippen molar-refractivity contribution in [2.24, 2.45) is 0 Å². The van der Waals surface area contributed by atoms with Crippen molar-refractivity contribution in [1.82, 2.24) is 4.90 Å². The van der Waals surface area contributed by atoms with Gasteiger partial charge < -0.3 is 4.90 Å². The Morgan fingerprint density at radius 2 is 2.12 bits per heavy atom. The van der Waals surface area contributed by atoms with Gasteiger partial charge in [0.05, 0.1) is 0 Å². The van der Waals surface area contributed by atoms with Crippen LogP contribution in [0.25, 0.3) is 0 Å². The summed E-state index contributed by atoms with van der Waals surface area (Å²) in [5.41, 5.74) is 1.59. The summed E-state index contributed by atoms with van der Waals surface area (Å²) in [5.74, 6) is 4.72. The third kappa shape index (κ3) is 2.83. The maximum Gasteiger partial charge on any atom is 0.0108 e. The van der Waals surface area contributed by atoms with Gasteiger partial charge in [0, 0.05) is 35.4 Å². The fourth-order valence-corrected chi connectivity index (χ4v) is 4.84. The molecule has 2 heterocycles. The molecule has 1 atom stereocenters. The lowest BCUT2D eigenvalue weighted by Crippen LogP contribution is -2.30. The van der Waals surface area contributed by atoms with Crippen LogP contribution in [0.3, 0.4) is 0 Å². The van der Waals surface area contributed by atoms with Crippen molar-refractivity contribution in [3.05, 3.63) is 29.8 Å². The van der Waals surface area contributed by atoms with E-state index in [2.05, 4.69) is 40.9 Å². The summed E-state index contributed by atoms with van der Waals surface area (Å²) in [6.45, 7) is 3.86. The highest BCUT2D eigenvalue weighted by Crippen LogP contribution is 2.39. The van der Waals surface area contributed by atoms with Crippen LogP contribution in [0.4, 0.5) is 0 Å². The molecule has 0 aliphatic carbocycles. The van der Waals surface area contributed by atoms with Crippen molar-refractivity contribution in [2.45, 2.75) is 17.2 Å². The number of rotatable bonds is 2. The fourth-order valence-electron chi connectivity index (χ4n) is 2.67. The van der Waals surface area contributed by atoms with E-state index in [1.807, 2.05) is 11.8 Å². The van der Waals surface area contributed by atoms with E-state index < -0.39 is 0 Å². The Labute approximate surface area is 112 Å². The average molecular weight is 265 g/mol. The molecular weight excluding hydrogens is 246 g/mol. The molecule has 2 aliphatic rings. The molecular formula is C14H19NS2. The second kappa shape index (κ2) is 5.68. The van der Waals surface area contributed by atoms with Gasteiger partial charge in [-0.15, -0.1) is 11.8 Å². The van der Waals surface area contributed by atoms with Gasteiger partial charge in [-0.2, -0.15) is 11.8 Å². The standard InChI is InChI=1S/C14H19NS2/c1-2-5-14-13(4-1)12(11-17-14)10-15-6-3-8-16-9-7-15/h1-2,4-5,12H,3,6-11H2. The first-order valence-electron chi connectivity index (χ1n) is 6.45. The number of hydrogen-bond acceptors (Lipinski definition) is 3. The smallest absolute Gasteiger partial charge is 0.0108 e.